The number of carboxylic acid groups (broad SMARTS) is 1. The van der Waals surface area contributed by atoms with Crippen LogP contribution in [0.5, 0.6) is 0 Å². The van der Waals surface area contributed by atoms with Crippen molar-refractivity contribution in [2.24, 2.45) is 0 Å². The number of carboxylic acids is 1. The molecule has 0 spiro atoms. The lowest BCUT2D eigenvalue weighted by Gasteiger charge is -2.08. The molecule has 1 aliphatic rings. The van der Waals surface area contributed by atoms with E-state index in [9.17, 15) is 9.59 Å². The van der Waals surface area contributed by atoms with Gasteiger partial charge in [-0.05, 0) is 31.7 Å². The van der Waals surface area contributed by atoms with Crippen molar-refractivity contribution in [1.29, 1.82) is 0 Å². The monoisotopic (exact) mass is 347 g/mol. The Labute approximate surface area is 139 Å². The number of hydrogen-bond acceptors (Lipinski definition) is 6. The molecular weight excluding hydrogens is 334 g/mol. The maximum absolute atomic E-state index is 12.9. The van der Waals surface area contributed by atoms with E-state index in [1.54, 1.807) is 22.8 Å². The molecule has 3 heterocycles. The highest BCUT2D eigenvalue weighted by atomic mass is 32.1. The number of thiazole rings is 1. The molecule has 118 valence electrons. The molecule has 0 unspecified atom stereocenters. The topological polar surface area (TPSA) is 85.1 Å². The molecule has 0 radical (unpaired) electrons. The molecule has 0 fully saturated rings. The fourth-order valence-corrected chi connectivity index (χ4v) is 5.03. The summed E-state index contributed by atoms with van der Waals surface area (Å²) in [5.41, 5.74) is 1.13. The lowest BCUT2D eigenvalue weighted by atomic mass is 10.2. The SMILES string of the molecule is Cc1nc2sc3c(c2c(=O)n1Cc1nc(C(=O)O)cs1)CCC3. The average molecular weight is 347 g/mol. The molecule has 0 aliphatic heterocycles. The van der Waals surface area contributed by atoms with Crippen LogP contribution in [0.25, 0.3) is 10.2 Å². The van der Waals surface area contributed by atoms with Crippen LogP contribution in [0.3, 0.4) is 0 Å². The zero-order valence-corrected chi connectivity index (χ0v) is 14.0. The van der Waals surface area contributed by atoms with E-state index in [-0.39, 0.29) is 17.8 Å². The average Bonchev–Trinajstić information content (AvgIpc) is 3.17. The standard InChI is InChI=1S/C15H13N3O3S2/c1-7-16-13-12(8-3-2-4-10(8)23-13)14(19)18(7)5-11-17-9(6-22-11)15(20)21/h6H,2-5H2,1H3,(H,20,21). The minimum atomic E-state index is -1.05. The Balaban J connectivity index is 1.83. The maximum atomic E-state index is 12.9. The van der Waals surface area contributed by atoms with E-state index in [1.165, 1.54) is 21.6 Å². The van der Waals surface area contributed by atoms with Crippen molar-refractivity contribution in [2.75, 3.05) is 0 Å². The number of hydrogen-bond donors (Lipinski definition) is 1. The lowest BCUT2D eigenvalue weighted by Crippen LogP contribution is -2.24. The van der Waals surface area contributed by atoms with Crippen LogP contribution in [0.4, 0.5) is 0 Å². The minimum Gasteiger partial charge on any atom is -0.476 e. The number of aromatic carboxylic acids is 1. The number of aromatic nitrogens is 3. The number of carbonyl (C=O) groups is 1. The summed E-state index contributed by atoms with van der Waals surface area (Å²) in [5, 5.41) is 11.8. The van der Waals surface area contributed by atoms with Gasteiger partial charge in [-0.25, -0.2) is 14.8 Å². The van der Waals surface area contributed by atoms with Crippen LogP contribution in [-0.4, -0.2) is 25.6 Å². The molecule has 3 aromatic heterocycles. The highest BCUT2D eigenvalue weighted by molar-refractivity contribution is 7.18. The van der Waals surface area contributed by atoms with E-state index in [2.05, 4.69) is 9.97 Å². The van der Waals surface area contributed by atoms with Crippen molar-refractivity contribution in [3.63, 3.8) is 0 Å². The van der Waals surface area contributed by atoms with E-state index in [4.69, 9.17) is 5.11 Å². The molecule has 23 heavy (non-hydrogen) atoms. The van der Waals surface area contributed by atoms with Crippen molar-refractivity contribution >= 4 is 38.9 Å². The van der Waals surface area contributed by atoms with Crippen LogP contribution in [0.2, 0.25) is 0 Å². The van der Waals surface area contributed by atoms with Crippen LogP contribution >= 0.6 is 22.7 Å². The lowest BCUT2D eigenvalue weighted by molar-refractivity contribution is 0.0691. The summed E-state index contributed by atoms with van der Waals surface area (Å²) in [4.78, 5) is 34.6. The summed E-state index contributed by atoms with van der Waals surface area (Å²) in [7, 11) is 0. The van der Waals surface area contributed by atoms with Gasteiger partial charge < -0.3 is 5.11 Å². The Morgan fingerprint density at radius 1 is 1.39 bits per heavy atom. The predicted molar refractivity (Wildman–Crippen MR) is 88.8 cm³/mol. The first-order chi connectivity index (χ1) is 11.0. The molecule has 6 nitrogen and oxygen atoms in total. The van der Waals surface area contributed by atoms with Crippen molar-refractivity contribution in [2.45, 2.75) is 32.7 Å². The quantitative estimate of drug-likeness (QED) is 0.787. The summed E-state index contributed by atoms with van der Waals surface area (Å²) < 4.78 is 1.60. The third-order valence-electron chi connectivity index (χ3n) is 4.08. The smallest absolute Gasteiger partial charge is 0.355 e. The molecule has 1 aliphatic carbocycles. The Morgan fingerprint density at radius 3 is 2.96 bits per heavy atom. The molecule has 3 aromatic rings. The predicted octanol–water partition coefficient (Wildman–Crippen LogP) is 2.46. The summed E-state index contributed by atoms with van der Waals surface area (Å²) in [6, 6.07) is 0. The van der Waals surface area contributed by atoms with Gasteiger partial charge in [0.05, 0.1) is 11.9 Å². The molecule has 0 bridgehead atoms. The second kappa shape index (κ2) is 5.24. The molecule has 1 N–H and O–H groups in total. The van der Waals surface area contributed by atoms with Gasteiger partial charge in [-0.2, -0.15) is 0 Å². The summed E-state index contributed by atoms with van der Waals surface area (Å²) in [6.45, 7) is 2.06. The van der Waals surface area contributed by atoms with Crippen molar-refractivity contribution in [3.8, 4) is 0 Å². The summed E-state index contributed by atoms with van der Waals surface area (Å²) in [5.74, 6) is -0.421. The van der Waals surface area contributed by atoms with E-state index in [1.807, 2.05) is 0 Å². The van der Waals surface area contributed by atoms with Gasteiger partial charge in [0, 0.05) is 10.3 Å². The molecule has 0 saturated heterocycles. The molecule has 4 rings (SSSR count). The number of fused-ring (bicyclic) bond motifs is 3. The number of thiophene rings is 1. The maximum Gasteiger partial charge on any atom is 0.355 e. The van der Waals surface area contributed by atoms with Crippen molar-refractivity contribution in [1.82, 2.24) is 14.5 Å². The first-order valence-electron chi connectivity index (χ1n) is 7.24. The van der Waals surface area contributed by atoms with Crippen LogP contribution in [0.15, 0.2) is 10.2 Å². The van der Waals surface area contributed by atoms with E-state index in [0.717, 1.165) is 35.0 Å². The van der Waals surface area contributed by atoms with Gasteiger partial charge in [0.25, 0.3) is 5.56 Å². The normalized spacial score (nSPS) is 13.6. The zero-order valence-electron chi connectivity index (χ0n) is 12.3. The van der Waals surface area contributed by atoms with Gasteiger partial charge in [0.15, 0.2) is 5.69 Å². The van der Waals surface area contributed by atoms with Crippen molar-refractivity contribution < 1.29 is 9.90 Å². The third kappa shape index (κ3) is 2.29. The number of aryl methyl sites for hydroxylation is 3. The van der Waals surface area contributed by atoms with Crippen LogP contribution in [-0.2, 0) is 19.4 Å². The fraction of sp³-hybridized carbons (Fsp3) is 0.333. The first kappa shape index (κ1) is 14.5. The molecule has 0 atom stereocenters. The molecular formula is C15H13N3O3S2. The second-order valence-electron chi connectivity index (χ2n) is 5.52. The fourth-order valence-electron chi connectivity index (χ4n) is 2.98. The van der Waals surface area contributed by atoms with Gasteiger partial charge in [0.1, 0.15) is 15.7 Å². The summed E-state index contributed by atoms with van der Waals surface area (Å²) in [6.07, 6.45) is 3.07. The Morgan fingerprint density at radius 2 is 2.22 bits per heavy atom. The molecule has 0 amide bonds. The third-order valence-corrected chi connectivity index (χ3v) is 6.10. The highest BCUT2D eigenvalue weighted by Crippen LogP contribution is 2.34. The van der Waals surface area contributed by atoms with E-state index in [0.29, 0.717) is 10.8 Å². The highest BCUT2D eigenvalue weighted by Gasteiger charge is 2.22. The minimum absolute atomic E-state index is 0.0150. The largest absolute Gasteiger partial charge is 0.476 e. The Kier molecular flexibility index (Phi) is 3.31. The summed E-state index contributed by atoms with van der Waals surface area (Å²) >= 11 is 2.87. The van der Waals surface area contributed by atoms with Crippen LogP contribution < -0.4 is 5.56 Å². The molecule has 0 saturated carbocycles. The number of nitrogens with zero attached hydrogens (tertiary/aromatic N) is 3. The van der Waals surface area contributed by atoms with Crippen molar-refractivity contribution in [3.05, 3.63) is 42.7 Å². The van der Waals surface area contributed by atoms with Crippen LogP contribution in [0, 0.1) is 6.92 Å². The van der Waals surface area contributed by atoms with E-state index >= 15 is 0 Å². The molecule has 0 aromatic carbocycles. The van der Waals surface area contributed by atoms with Gasteiger partial charge in [0.2, 0.25) is 0 Å². The molecule has 8 heteroatoms. The van der Waals surface area contributed by atoms with E-state index < -0.39 is 5.97 Å². The number of rotatable bonds is 3. The van der Waals surface area contributed by atoms with Gasteiger partial charge >= 0.3 is 5.97 Å². The van der Waals surface area contributed by atoms with Gasteiger partial charge in [-0.15, -0.1) is 22.7 Å². The van der Waals surface area contributed by atoms with Crippen LogP contribution in [0.1, 0.15) is 38.2 Å². The van der Waals surface area contributed by atoms with Gasteiger partial charge in [-0.3, -0.25) is 9.36 Å². The Bertz CT molecular complexity index is 999. The van der Waals surface area contributed by atoms with Gasteiger partial charge in [-0.1, -0.05) is 0 Å². The second-order valence-corrected chi connectivity index (χ2v) is 7.55. The Hall–Kier alpha value is -2.06. The first-order valence-corrected chi connectivity index (χ1v) is 8.93. The zero-order chi connectivity index (χ0) is 16.1.